The van der Waals surface area contributed by atoms with Gasteiger partial charge in [0.15, 0.2) is 0 Å². The van der Waals surface area contributed by atoms with Gasteiger partial charge in [0.05, 0.1) is 42.7 Å². The number of hydrogen-bond donors (Lipinski definition) is 2. The third-order valence-corrected chi connectivity index (χ3v) is 8.21. The lowest BCUT2D eigenvalue weighted by atomic mass is 9.71. The van der Waals surface area contributed by atoms with Crippen molar-refractivity contribution in [3.63, 3.8) is 0 Å². The number of aliphatic hydroxyl groups is 1. The molecule has 0 radical (unpaired) electrons. The number of fused-ring (bicyclic) bond motifs is 2. The molecule has 11 heteroatoms. The van der Waals surface area contributed by atoms with Gasteiger partial charge in [-0.2, -0.15) is 0 Å². The number of likely N-dealkylation sites (tertiary alicyclic amines) is 1. The van der Waals surface area contributed by atoms with Crippen molar-refractivity contribution < 1.29 is 29.0 Å². The van der Waals surface area contributed by atoms with E-state index in [1.807, 2.05) is 38.1 Å². The SMILES string of the molecule is CCOC(=O)[C@@H]1[C@H]2C(=O)N([C@@H](CO)[C@@H](C)CC)[C@H](C(=O)NCn3nnc4ccccc43)[C@]23CC[C@H]1O3. The second kappa shape index (κ2) is 9.44. The summed E-state index contributed by atoms with van der Waals surface area (Å²) in [7, 11) is 0. The van der Waals surface area contributed by atoms with Gasteiger partial charge in [-0.15, -0.1) is 5.10 Å². The van der Waals surface area contributed by atoms with Gasteiger partial charge >= 0.3 is 5.97 Å². The molecule has 194 valence electrons. The maximum absolute atomic E-state index is 14.0. The summed E-state index contributed by atoms with van der Waals surface area (Å²) in [5, 5.41) is 21.5. The summed E-state index contributed by atoms with van der Waals surface area (Å²) in [6.07, 6.45) is 1.28. The van der Waals surface area contributed by atoms with Crippen LogP contribution in [0.1, 0.15) is 40.0 Å². The van der Waals surface area contributed by atoms with E-state index in [0.717, 1.165) is 5.52 Å². The molecule has 7 atom stereocenters. The first-order chi connectivity index (χ1) is 17.4. The molecule has 2 N–H and O–H groups in total. The van der Waals surface area contributed by atoms with E-state index in [0.29, 0.717) is 24.8 Å². The van der Waals surface area contributed by atoms with Crippen molar-refractivity contribution in [1.82, 2.24) is 25.2 Å². The van der Waals surface area contributed by atoms with E-state index in [4.69, 9.17) is 9.47 Å². The third kappa shape index (κ3) is 3.59. The predicted molar refractivity (Wildman–Crippen MR) is 127 cm³/mol. The van der Waals surface area contributed by atoms with Crippen molar-refractivity contribution in [1.29, 1.82) is 0 Å². The summed E-state index contributed by atoms with van der Waals surface area (Å²) in [6, 6.07) is 5.84. The summed E-state index contributed by atoms with van der Waals surface area (Å²) < 4.78 is 13.2. The van der Waals surface area contributed by atoms with Gasteiger partial charge in [0.2, 0.25) is 11.8 Å². The monoisotopic (exact) mass is 499 g/mol. The highest BCUT2D eigenvalue weighted by molar-refractivity contribution is 5.98. The second-order valence-corrected chi connectivity index (χ2v) is 9.97. The molecule has 3 aliphatic heterocycles. The molecule has 3 fully saturated rings. The Bertz CT molecular complexity index is 1170. The Morgan fingerprint density at radius 3 is 2.83 bits per heavy atom. The number of carbonyl (C=O) groups excluding carboxylic acids is 3. The largest absolute Gasteiger partial charge is 0.466 e. The van der Waals surface area contributed by atoms with Crippen LogP contribution in [0.5, 0.6) is 0 Å². The van der Waals surface area contributed by atoms with Crippen LogP contribution in [-0.2, 0) is 30.5 Å². The Balaban J connectivity index is 1.49. The van der Waals surface area contributed by atoms with Gasteiger partial charge in [-0.1, -0.05) is 37.6 Å². The first-order valence-electron chi connectivity index (χ1n) is 12.7. The summed E-state index contributed by atoms with van der Waals surface area (Å²) in [6.45, 7) is 5.59. The van der Waals surface area contributed by atoms with Crippen molar-refractivity contribution in [2.75, 3.05) is 13.2 Å². The van der Waals surface area contributed by atoms with E-state index in [1.54, 1.807) is 11.6 Å². The van der Waals surface area contributed by atoms with Crippen LogP contribution < -0.4 is 5.32 Å². The summed E-state index contributed by atoms with van der Waals surface area (Å²) in [5.74, 6) is -2.86. The molecule has 0 aliphatic carbocycles. The Morgan fingerprint density at radius 1 is 1.33 bits per heavy atom. The summed E-state index contributed by atoms with van der Waals surface area (Å²) >= 11 is 0. The molecular weight excluding hydrogens is 466 g/mol. The Labute approximate surface area is 209 Å². The van der Waals surface area contributed by atoms with Crippen molar-refractivity contribution >= 4 is 28.8 Å². The molecule has 36 heavy (non-hydrogen) atoms. The quantitative estimate of drug-likeness (QED) is 0.485. The molecule has 2 aromatic rings. The lowest BCUT2D eigenvalue weighted by Gasteiger charge is -2.38. The van der Waals surface area contributed by atoms with Gasteiger partial charge in [-0.05, 0) is 37.8 Å². The van der Waals surface area contributed by atoms with Gasteiger partial charge in [0.25, 0.3) is 0 Å². The number of carbonyl (C=O) groups is 3. The minimum absolute atomic E-state index is 0.0521. The number of aliphatic hydroxyl groups excluding tert-OH is 1. The molecule has 1 aromatic carbocycles. The first kappa shape index (κ1) is 24.6. The fourth-order valence-corrected chi connectivity index (χ4v) is 6.35. The van der Waals surface area contributed by atoms with Crippen molar-refractivity contribution in [3.8, 4) is 0 Å². The Kier molecular flexibility index (Phi) is 6.46. The minimum atomic E-state index is -1.14. The number of esters is 1. The van der Waals surface area contributed by atoms with E-state index in [-0.39, 0.29) is 31.7 Å². The average Bonchev–Trinajstić information content (AvgIpc) is 3.62. The van der Waals surface area contributed by atoms with Crippen LogP contribution in [0.15, 0.2) is 24.3 Å². The lowest BCUT2D eigenvalue weighted by molar-refractivity contribution is -0.156. The highest BCUT2D eigenvalue weighted by atomic mass is 16.6. The molecule has 3 saturated heterocycles. The average molecular weight is 500 g/mol. The van der Waals surface area contributed by atoms with Crippen LogP contribution in [0.25, 0.3) is 11.0 Å². The molecular formula is C25H33N5O6. The first-order valence-corrected chi connectivity index (χ1v) is 12.7. The maximum atomic E-state index is 14.0. The number of amides is 2. The number of aromatic nitrogens is 3. The summed E-state index contributed by atoms with van der Waals surface area (Å²) in [5.41, 5.74) is 0.325. The molecule has 0 unspecified atom stereocenters. The van der Waals surface area contributed by atoms with Crippen molar-refractivity contribution in [3.05, 3.63) is 24.3 Å². The van der Waals surface area contributed by atoms with E-state index in [9.17, 15) is 19.5 Å². The number of hydrogen-bond acceptors (Lipinski definition) is 8. The Morgan fingerprint density at radius 2 is 2.11 bits per heavy atom. The van der Waals surface area contributed by atoms with Crippen LogP contribution in [0.3, 0.4) is 0 Å². The zero-order valence-corrected chi connectivity index (χ0v) is 20.8. The van der Waals surface area contributed by atoms with Gasteiger partial charge in [0.1, 0.15) is 23.8 Å². The highest BCUT2D eigenvalue weighted by Crippen LogP contribution is 2.59. The zero-order valence-electron chi connectivity index (χ0n) is 20.8. The number of nitrogens with one attached hydrogen (secondary N) is 1. The highest BCUT2D eigenvalue weighted by Gasteiger charge is 2.75. The van der Waals surface area contributed by atoms with E-state index in [1.165, 1.54) is 4.90 Å². The smallest absolute Gasteiger partial charge is 0.312 e. The molecule has 2 amide bonds. The van der Waals surface area contributed by atoms with Gasteiger partial charge < -0.3 is 24.8 Å². The maximum Gasteiger partial charge on any atom is 0.312 e. The number of nitrogens with zero attached hydrogens (tertiary/aromatic N) is 4. The Hall–Kier alpha value is -3.05. The molecule has 0 saturated carbocycles. The molecule has 4 heterocycles. The van der Waals surface area contributed by atoms with E-state index >= 15 is 0 Å². The summed E-state index contributed by atoms with van der Waals surface area (Å²) in [4.78, 5) is 42.2. The predicted octanol–water partition coefficient (Wildman–Crippen LogP) is 0.850. The number of ether oxygens (including phenoxy) is 2. The van der Waals surface area contributed by atoms with Crippen molar-refractivity contribution in [2.45, 2.75) is 70.5 Å². The van der Waals surface area contributed by atoms with E-state index in [2.05, 4.69) is 15.6 Å². The molecule has 11 nitrogen and oxygen atoms in total. The fourth-order valence-electron chi connectivity index (χ4n) is 6.35. The standard InChI is InChI=1S/C25H33N5O6/c1-4-14(3)17(12-31)30-21(22(32)26-13-29-16-9-7-6-8-15(16)27-28-29)25-11-10-18(36-25)19(20(25)23(30)33)24(34)35-5-2/h6-9,14,17-21,31H,4-5,10-13H2,1-3H3,(H,26,32)/t14-,17-,18+,19-,20-,21+,25-/m0/s1. The lowest BCUT2D eigenvalue weighted by Crippen LogP contribution is -2.59. The van der Waals surface area contributed by atoms with Crippen LogP contribution in [0.4, 0.5) is 0 Å². The van der Waals surface area contributed by atoms with Crippen LogP contribution >= 0.6 is 0 Å². The van der Waals surface area contributed by atoms with Crippen molar-refractivity contribution in [2.24, 2.45) is 17.8 Å². The number of rotatable bonds is 9. The van der Waals surface area contributed by atoms with Crippen LogP contribution in [0, 0.1) is 17.8 Å². The van der Waals surface area contributed by atoms with Gasteiger partial charge in [-0.25, -0.2) is 4.68 Å². The van der Waals surface area contributed by atoms with Gasteiger partial charge in [0, 0.05) is 0 Å². The number of para-hydroxylation sites is 1. The molecule has 2 bridgehead atoms. The second-order valence-electron chi connectivity index (χ2n) is 9.97. The minimum Gasteiger partial charge on any atom is -0.466 e. The fraction of sp³-hybridized carbons (Fsp3) is 0.640. The molecule has 1 spiro atoms. The number of benzene rings is 1. The van der Waals surface area contributed by atoms with Gasteiger partial charge in [-0.3, -0.25) is 14.4 Å². The van der Waals surface area contributed by atoms with Crippen LogP contribution in [0.2, 0.25) is 0 Å². The molecule has 5 rings (SSSR count). The topological polar surface area (TPSA) is 136 Å². The normalized spacial score (nSPS) is 30.4. The molecule has 1 aromatic heterocycles. The molecule has 3 aliphatic rings. The van der Waals surface area contributed by atoms with E-state index < -0.39 is 47.5 Å². The third-order valence-electron chi connectivity index (χ3n) is 8.21. The van der Waals surface area contributed by atoms with Crippen LogP contribution in [-0.4, -0.2) is 79.8 Å². The zero-order chi connectivity index (χ0) is 25.6.